The lowest BCUT2D eigenvalue weighted by Gasteiger charge is -2.34. The minimum Gasteiger partial charge on any atom is -0.352 e. The van der Waals surface area contributed by atoms with Crippen LogP contribution < -0.4 is 9.62 Å². The molecule has 220 valence electrons. The van der Waals surface area contributed by atoms with E-state index < -0.39 is 28.5 Å². The molecular formula is C30H34Cl3N3O4S. The summed E-state index contributed by atoms with van der Waals surface area (Å²) in [6.07, 6.45) is 0.278. The van der Waals surface area contributed by atoms with Crippen LogP contribution in [0.25, 0.3) is 0 Å². The van der Waals surface area contributed by atoms with Crippen LogP contribution in [0.15, 0.2) is 65.6 Å². The van der Waals surface area contributed by atoms with Crippen LogP contribution in [0.4, 0.5) is 5.69 Å². The van der Waals surface area contributed by atoms with Crippen LogP contribution in [0, 0.1) is 13.8 Å². The molecule has 2 amide bonds. The largest absolute Gasteiger partial charge is 0.352 e. The first-order valence-corrected chi connectivity index (χ1v) is 15.7. The minimum atomic E-state index is -4.22. The summed E-state index contributed by atoms with van der Waals surface area (Å²) in [5.41, 5.74) is 2.59. The Morgan fingerprint density at radius 1 is 0.902 bits per heavy atom. The number of amides is 2. The second-order valence-corrected chi connectivity index (χ2v) is 13.2. The number of carbonyl (C=O) groups is 2. The van der Waals surface area contributed by atoms with Crippen molar-refractivity contribution in [3.8, 4) is 0 Å². The number of hydrogen-bond donors (Lipinski definition) is 1. The number of nitrogens with one attached hydrogen (secondary N) is 1. The molecule has 0 aliphatic heterocycles. The molecule has 11 heteroatoms. The van der Waals surface area contributed by atoms with Gasteiger partial charge in [0.15, 0.2) is 0 Å². The van der Waals surface area contributed by atoms with Gasteiger partial charge in [-0.05, 0) is 93.8 Å². The molecule has 0 aliphatic rings. The second-order valence-electron chi connectivity index (χ2n) is 10.0. The fraction of sp³-hybridized carbons (Fsp3) is 0.333. The molecule has 0 aromatic heterocycles. The summed E-state index contributed by atoms with van der Waals surface area (Å²) in [6, 6.07) is 14.8. The molecule has 3 aromatic rings. The lowest BCUT2D eigenvalue weighted by molar-refractivity contribution is -0.140. The number of anilines is 1. The van der Waals surface area contributed by atoms with Crippen LogP contribution >= 0.6 is 34.8 Å². The van der Waals surface area contributed by atoms with Crippen LogP contribution in [0.2, 0.25) is 15.1 Å². The molecule has 1 N–H and O–H groups in total. The fourth-order valence-electron chi connectivity index (χ4n) is 4.30. The number of hydrogen-bond acceptors (Lipinski definition) is 4. The van der Waals surface area contributed by atoms with E-state index in [-0.39, 0.29) is 29.8 Å². The number of benzene rings is 3. The first-order chi connectivity index (χ1) is 19.3. The number of nitrogens with zero attached hydrogens (tertiary/aromatic N) is 2. The maximum Gasteiger partial charge on any atom is 0.264 e. The highest BCUT2D eigenvalue weighted by Gasteiger charge is 2.34. The quantitative estimate of drug-likeness (QED) is 0.251. The second kappa shape index (κ2) is 13.9. The van der Waals surface area contributed by atoms with Crippen molar-refractivity contribution in [2.45, 2.75) is 64.6 Å². The standard InChI is InChI=1S/C30H34Cl3N3O4S/c1-6-28(30(38)34-19(2)3)35(17-25-26(32)8-7-9-27(25)33)29(37)18-36(23-13-10-20(4)21(5)16-23)41(39,40)24-14-11-22(31)12-15-24/h7-16,19,28H,6,17-18H2,1-5H3,(H,34,38)/t28-/m1/s1. The van der Waals surface area contributed by atoms with Crippen molar-refractivity contribution in [3.63, 3.8) is 0 Å². The van der Waals surface area contributed by atoms with Crippen molar-refractivity contribution in [2.24, 2.45) is 0 Å². The Kier molecular flexibility index (Phi) is 11.1. The van der Waals surface area contributed by atoms with E-state index in [4.69, 9.17) is 34.8 Å². The molecule has 0 saturated heterocycles. The van der Waals surface area contributed by atoms with E-state index in [1.165, 1.54) is 29.2 Å². The monoisotopic (exact) mass is 637 g/mol. The van der Waals surface area contributed by atoms with Gasteiger partial charge in [0, 0.05) is 33.2 Å². The Hall–Kier alpha value is -2.78. The van der Waals surface area contributed by atoms with Gasteiger partial charge in [0.1, 0.15) is 12.6 Å². The third kappa shape index (κ3) is 7.95. The third-order valence-electron chi connectivity index (χ3n) is 6.67. The summed E-state index contributed by atoms with van der Waals surface area (Å²) in [6.45, 7) is 8.54. The average molecular weight is 639 g/mol. The lowest BCUT2D eigenvalue weighted by atomic mass is 10.1. The smallest absolute Gasteiger partial charge is 0.264 e. The van der Waals surface area contributed by atoms with E-state index in [1.54, 1.807) is 43.3 Å². The highest BCUT2D eigenvalue weighted by atomic mass is 35.5. The summed E-state index contributed by atoms with van der Waals surface area (Å²) in [7, 11) is -4.22. The molecule has 0 aliphatic carbocycles. The van der Waals surface area contributed by atoms with Gasteiger partial charge in [0.05, 0.1) is 10.6 Å². The number of carbonyl (C=O) groups excluding carboxylic acids is 2. The van der Waals surface area contributed by atoms with Crippen LogP contribution in [0.3, 0.4) is 0 Å². The van der Waals surface area contributed by atoms with Crippen molar-refractivity contribution >= 4 is 62.3 Å². The Bertz CT molecular complexity index is 1490. The van der Waals surface area contributed by atoms with Gasteiger partial charge in [0.2, 0.25) is 11.8 Å². The van der Waals surface area contributed by atoms with E-state index in [2.05, 4.69) is 5.32 Å². The predicted octanol–water partition coefficient (Wildman–Crippen LogP) is 6.79. The summed E-state index contributed by atoms with van der Waals surface area (Å²) < 4.78 is 29.0. The summed E-state index contributed by atoms with van der Waals surface area (Å²) in [4.78, 5) is 28.7. The molecule has 3 rings (SSSR count). The highest BCUT2D eigenvalue weighted by molar-refractivity contribution is 7.92. The highest BCUT2D eigenvalue weighted by Crippen LogP contribution is 2.30. The number of aryl methyl sites for hydroxylation is 2. The summed E-state index contributed by atoms with van der Waals surface area (Å²) in [5.74, 6) is -0.958. The molecule has 7 nitrogen and oxygen atoms in total. The van der Waals surface area contributed by atoms with Crippen LogP contribution in [0.1, 0.15) is 43.9 Å². The van der Waals surface area contributed by atoms with Gasteiger partial charge in [-0.25, -0.2) is 8.42 Å². The first-order valence-electron chi connectivity index (χ1n) is 13.1. The predicted molar refractivity (Wildman–Crippen MR) is 166 cm³/mol. The summed E-state index contributed by atoms with van der Waals surface area (Å²) >= 11 is 18.9. The SMILES string of the molecule is CC[C@H](C(=O)NC(C)C)N(Cc1c(Cl)cccc1Cl)C(=O)CN(c1ccc(C)c(C)c1)S(=O)(=O)c1ccc(Cl)cc1. The van der Waals surface area contributed by atoms with Gasteiger partial charge < -0.3 is 10.2 Å². The maximum atomic E-state index is 14.2. The number of halogens is 3. The van der Waals surface area contributed by atoms with Gasteiger partial charge in [-0.1, -0.05) is 53.9 Å². The van der Waals surface area contributed by atoms with Gasteiger partial charge >= 0.3 is 0 Å². The van der Waals surface area contributed by atoms with Crippen LogP contribution in [-0.2, 0) is 26.2 Å². The van der Waals surface area contributed by atoms with Crippen molar-refractivity contribution in [3.05, 3.63) is 92.4 Å². The summed E-state index contributed by atoms with van der Waals surface area (Å²) in [5, 5.41) is 3.89. The lowest BCUT2D eigenvalue weighted by Crippen LogP contribution is -2.53. The van der Waals surface area contributed by atoms with Crippen molar-refractivity contribution < 1.29 is 18.0 Å². The van der Waals surface area contributed by atoms with Crippen molar-refractivity contribution in [1.82, 2.24) is 10.2 Å². The van der Waals surface area contributed by atoms with E-state index >= 15 is 0 Å². The molecule has 0 heterocycles. The molecule has 0 spiro atoms. The zero-order valence-electron chi connectivity index (χ0n) is 23.6. The topological polar surface area (TPSA) is 86.8 Å². The van der Waals surface area contributed by atoms with E-state index in [9.17, 15) is 18.0 Å². The average Bonchev–Trinajstić information content (AvgIpc) is 2.90. The van der Waals surface area contributed by atoms with Crippen molar-refractivity contribution in [2.75, 3.05) is 10.8 Å². The van der Waals surface area contributed by atoms with Gasteiger partial charge in [-0.15, -0.1) is 0 Å². The van der Waals surface area contributed by atoms with Gasteiger partial charge in [0.25, 0.3) is 10.0 Å². The normalized spacial score (nSPS) is 12.2. The zero-order chi connectivity index (χ0) is 30.5. The first kappa shape index (κ1) is 32.7. The Labute approximate surface area is 257 Å². The molecule has 0 radical (unpaired) electrons. The zero-order valence-corrected chi connectivity index (χ0v) is 26.7. The van der Waals surface area contributed by atoms with E-state index in [0.717, 1.165) is 15.4 Å². The van der Waals surface area contributed by atoms with E-state index in [1.807, 2.05) is 27.7 Å². The number of rotatable bonds is 11. The molecular weight excluding hydrogens is 605 g/mol. The molecule has 0 fully saturated rings. The Balaban J connectivity index is 2.13. The Morgan fingerprint density at radius 3 is 2.05 bits per heavy atom. The molecule has 0 unspecified atom stereocenters. The minimum absolute atomic E-state index is 0.0294. The van der Waals surface area contributed by atoms with Crippen LogP contribution in [-0.4, -0.2) is 43.8 Å². The number of sulfonamides is 1. The fourth-order valence-corrected chi connectivity index (χ4v) is 6.35. The molecule has 3 aromatic carbocycles. The van der Waals surface area contributed by atoms with Gasteiger partial charge in [-0.2, -0.15) is 0 Å². The van der Waals surface area contributed by atoms with Crippen molar-refractivity contribution in [1.29, 1.82) is 0 Å². The molecule has 0 bridgehead atoms. The van der Waals surface area contributed by atoms with Crippen LogP contribution in [0.5, 0.6) is 0 Å². The Morgan fingerprint density at radius 2 is 1.51 bits per heavy atom. The molecule has 0 saturated carbocycles. The molecule has 41 heavy (non-hydrogen) atoms. The maximum absolute atomic E-state index is 14.2. The third-order valence-corrected chi connectivity index (χ3v) is 9.41. The molecule has 1 atom stereocenters. The van der Waals surface area contributed by atoms with E-state index in [0.29, 0.717) is 26.3 Å². The van der Waals surface area contributed by atoms with Gasteiger partial charge in [-0.3, -0.25) is 13.9 Å².